The maximum Gasteiger partial charge on any atom is 0.413 e. The highest BCUT2D eigenvalue weighted by atomic mass is 79.9. The van der Waals surface area contributed by atoms with Gasteiger partial charge in [0.05, 0.1) is 22.8 Å². The van der Waals surface area contributed by atoms with E-state index in [1.807, 2.05) is 0 Å². The van der Waals surface area contributed by atoms with Gasteiger partial charge in [0.25, 0.3) is 0 Å². The number of carboxylic acid groups (broad SMARTS) is 1. The number of anilines is 2. The quantitative estimate of drug-likeness (QED) is 0.582. The second kappa shape index (κ2) is 8.00. The first kappa shape index (κ1) is 21.4. The van der Waals surface area contributed by atoms with E-state index < -0.39 is 12.2 Å². The van der Waals surface area contributed by atoms with Gasteiger partial charge in [-0.05, 0) is 52.9 Å². The number of rotatable bonds is 5. The zero-order chi connectivity index (χ0) is 21.6. The third kappa shape index (κ3) is 4.14. The van der Waals surface area contributed by atoms with Gasteiger partial charge in [-0.15, -0.1) is 0 Å². The van der Waals surface area contributed by atoms with Crippen molar-refractivity contribution in [2.75, 3.05) is 10.2 Å². The first-order valence-electron chi connectivity index (χ1n) is 10.7. The lowest BCUT2D eigenvalue weighted by atomic mass is 9.82. The zero-order valence-corrected chi connectivity index (χ0v) is 19.3. The molecule has 2 aliphatic rings. The summed E-state index contributed by atoms with van der Waals surface area (Å²) in [7, 11) is 0. The van der Waals surface area contributed by atoms with Crippen molar-refractivity contribution in [1.82, 2.24) is 14.6 Å². The predicted octanol–water partition coefficient (Wildman–Crippen LogP) is 4.52. The highest BCUT2D eigenvalue weighted by Crippen LogP contribution is 2.45. The third-order valence-corrected chi connectivity index (χ3v) is 6.72. The van der Waals surface area contributed by atoms with E-state index in [0.29, 0.717) is 27.7 Å². The molecule has 164 valence electrons. The minimum absolute atomic E-state index is 0.0941. The molecule has 0 radical (unpaired) electrons. The van der Waals surface area contributed by atoms with E-state index >= 15 is 0 Å². The van der Waals surface area contributed by atoms with Crippen LogP contribution < -0.4 is 10.2 Å². The summed E-state index contributed by atoms with van der Waals surface area (Å²) in [5, 5.41) is 28.4. The molecule has 0 saturated heterocycles. The summed E-state index contributed by atoms with van der Waals surface area (Å²) in [4.78, 5) is 18.6. The van der Waals surface area contributed by atoms with Gasteiger partial charge in [0, 0.05) is 12.1 Å². The monoisotopic (exact) mass is 479 g/mol. The lowest BCUT2D eigenvalue weighted by Crippen LogP contribution is -2.49. The molecule has 30 heavy (non-hydrogen) atoms. The van der Waals surface area contributed by atoms with Crippen LogP contribution in [0.3, 0.4) is 0 Å². The first-order valence-corrected chi connectivity index (χ1v) is 11.5. The molecule has 1 amide bonds. The summed E-state index contributed by atoms with van der Waals surface area (Å²) >= 11 is 3.49. The SMILES string of the molecule is CC(C)(C)C(C1CC1)N(C(=O)O)c1cc(N[C@H]2CCCC[C@H]2O)nc2c(Br)cnn12. The minimum Gasteiger partial charge on any atom is -0.465 e. The van der Waals surface area contributed by atoms with Crippen LogP contribution in [0.25, 0.3) is 5.65 Å². The Hall–Kier alpha value is -1.87. The maximum absolute atomic E-state index is 12.5. The fourth-order valence-electron chi connectivity index (χ4n) is 4.71. The number of carbonyl (C=O) groups is 1. The molecule has 4 rings (SSSR count). The highest BCUT2D eigenvalue weighted by Gasteiger charge is 2.46. The molecule has 3 atom stereocenters. The molecule has 2 aromatic rings. The van der Waals surface area contributed by atoms with Gasteiger partial charge in [-0.25, -0.2) is 9.78 Å². The van der Waals surface area contributed by atoms with Crippen molar-refractivity contribution in [1.29, 1.82) is 0 Å². The standard InChI is InChI=1S/C21H30BrN5O3/c1-21(2,3)18(12-8-9-12)26(20(29)30)17-10-16(24-14-6-4-5-7-15(14)28)25-19-13(22)11-23-27(17)19/h10-12,14-15,18,28H,4-9H2,1-3H3,(H,24,25)(H,29,30)/t14-,15+,18?/m0/s1. The lowest BCUT2D eigenvalue weighted by Gasteiger charge is -2.39. The molecular weight excluding hydrogens is 450 g/mol. The van der Waals surface area contributed by atoms with Gasteiger partial charge in [-0.1, -0.05) is 33.6 Å². The summed E-state index contributed by atoms with van der Waals surface area (Å²) in [6, 6.07) is 1.49. The molecule has 0 aromatic carbocycles. The second-order valence-corrected chi connectivity index (χ2v) is 10.5. The van der Waals surface area contributed by atoms with Gasteiger partial charge < -0.3 is 15.5 Å². The average Bonchev–Trinajstić information content (AvgIpc) is 3.42. The van der Waals surface area contributed by atoms with Crippen molar-refractivity contribution in [2.24, 2.45) is 11.3 Å². The lowest BCUT2D eigenvalue weighted by molar-refractivity contribution is 0.116. The van der Waals surface area contributed by atoms with Crippen LogP contribution in [-0.4, -0.2) is 49.1 Å². The van der Waals surface area contributed by atoms with Crippen LogP contribution in [0.2, 0.25) is 0 Å². The normalized spacial score (nSPS) is 23.4. The number of hydrogen-bond acceptors (Lipinski definition) is 5. The van der Waals surface area contributed by atoms with Gasteiger partial charge in [-0.3, -0.25) is 4.90 Å². The number of nitrogens with zero attached hydrogens (tertiary/aromatic N) is 4. The van der Waals surface area contributed by atoms with Gasteiger partial charge in [-0.2, -0.15) is 9.61 Å². The Morgan fingerprint density at radius 1 is 1.30 bits per heavy atom. The van der Waals surface area contributed by atoms with Gasteiger partial charge in [0.2, 0.25) is 0 Å². The molecule has 2 saturated carbocycles. The molecular formula is C21H30BrN5O3. The molecule has 9 heteroatoms. The van der Waals surface area contributed by atoms with Crippen LogP contribution in [0, 0.1) is 11.3 Å². The van der Waals surface area contributed by atoms with E-state index in [1.54, 1.807) is 16.8 Å². The summed E-state index contributed by atoms with van der Waals surface area (Å²) < 4.78 is 2.28. The van der Waals surface area contributed by atoms with Gasteiger partial charge in [0.15, 0.2) is 5.65 Å². The first-order chi connectivity index (χ1) is 14.2. The number of amides is 1. The molecule has 1 unspecified atom stereocenters. The molecule has 3 N–H and O–H groups in total. The molecule has 2 heterocycles. The predicted molar refractivity (Wildman–Crippen MR) is 119 cm³/mol. The fourth-order valence-corrected chi connectivity index (χ4v) is 5.06. The summed E-state index contributed by atoms with van der Waals surface area (Å²) in [5.41, 5.74) is 0.321. The van der Waals surface area contributed by atoms with Crippen LogP contribution in [0.4, 0.5) is 16.4 Å². The number of nitrogens with one attached hydrogen (secondary N) is 1. The van der Waals surface area contributed by atoms with Crippen LogP contribution in [0.5, 0.6) is 0 Å². The highest BCUT2D eigenvalue weighted by molar-refractivity contribution is 9.10. The molecule has 8 nitrogen and oxygen atoms in total. The van der Waals surface area contributed by atoms with E-state index in [9.17, 15) is 15.0 Å². The number of halogens is 1. The third-order valence-electron chi connectivity index (χ3n) is 6.16. The van der Waals surface area contributed by atoms with Crippen molar-refractivity contribution < 1.29 is 15.0 Å². The van der Waals surface area contributed by atoms with E-state index in [4.69, 9.17) is 0 Å². The second-order valence-electron chi connectivity index (χ2n) is 9.63. The Balaban J connectivity index is 1.80. The van der Waals surface area contributed by atoms with Crippen LogP contribution in [-0.2, 0) is 0 Å². The molecule has 0 aliphatic heterocycles. The average molecular weight is 480 g/mol. The topological polar surface area (TPSA) is 103 Å². The van der Waals surface area contributed by atoms with Crippen molar-refractivity contribution in [3.8, 4) is 0 Å². The van der Waals surface area contributed by atoms with E-state index in [0.717, 1.165) is 38.5 Å². The van der Waals surface area contributed by atoms with E-state index in [1.165, 1.54) is 4.90 Å². The Labute approximate surface area is 184 Å². The van der Waals surface area contributed by atoms with Gasteiger partial charge in [0.1, 0.15) is 11.6 Å². The molecule has 2 aromatic heterocycles. The largest absolute Gasteiger partial charge is 0.465 e. The van der Waals surface area contributed by atoms with E-state index in [2.05, 4.69) is 52.1 Å². The zero-order valence-electron chi connectivity index (χ0n) is 17.7. The number of aliphatic hydroxyl groups excluding tert-OH is 1. The van der Waals surface area contributed by atoms with E-state index in [-0.39, 0.29) is 17.5 Å². The van der Waals surface area contributed by atoms with Crippen molar-refractivity contribution >= 4 is 39.3 Å². The molecule has 2 fully saturated rings. The Morgan fingerprint density at radius 3 is 2.60 bits per heavy atom. The maximum atomic E-state index is 12.5. The summed E-state index contributed by atoms with van der Waals surface area (Å²) in [5.74, 6) is 1.36. The number of aliphatic hydroxyl groups is 1. The Kier molecular flexibility index (Phi) is 5.69. The van der Waals surface area contributed by atoms with Crippen molar-refractivity contribution in [3.63, 3.8) is 0 Å². The van der Waals surface area contributed by atoms with Gasteiger partial charge >= 0.3 is 6.09 Å². The fraction of sp³-hybridized carbons (Fsp3) is 0.667. The van der Waals surface area contributed by atoms with Crippen molar-refractivity contribution in [3.05, 3.63) is 16.7 Å². The minimum atomic E-state index is -0.996. The van der Waals surface area contributed by atoms with Crippen LogP contribution in [0.1, 0.15) is 59.3 Å². The van der Waals surface area contributed by atoms with Crippen LogP contribution >= 0.6 is 15.9 Å². The Bertz CT molecular complexity index is 937. The summed E-state index contributed by atoms with van der Waals surface area (Å²) in [6.45, 7) is 6.25. The van der Waals surface area contributed by atoms with Crippen molar-refractivity contribution in [2.45, 2.75) is 77.5 Å². The number of aromatic nitrogens is 3. The number of fused-ring (bicyclic) bond motifs is 1. The Morgan fingerprint density at radius 2 is 2.00 bits per heavy atom. The number of hydrogen-bond donors (Lipinski definition) is 3. The molecule has 0 bridgehead atoms. The van der Waals surface area contributed by atoms with Crippen LogP contribution in [0.15, 0.2) is 16.7 Å². The smallest absolute Gasteiger partial charge is 0.413 e. The molecule has 2 aliphatic carbocycles. The molecule has 0 spiro atoms. The summed E-state index contributed by atoms with van der Waals surface area (Å²) in [6.07, 6.45) is 5.96.